The molecule has 0 radical (unpaired) electrons. The molecule has 0 saturated heterocycles. The molecule has 1 rings (SSSR count). The fourth-order valence-electron chi connectivity index (χ4n) is 1.78. The van der Waals surface area contributed by atoms with Gasteiger partial charge in [0.15, 0.2) is 0 Å². The van der Waals surface area contributed by atoms with E-state index in [-0.39, 0.29) is 11.4 Å². The molecule has 20 heavy (non-hydrogen) atoms. The molecule has 0 aliphatic carbocycles. The summed E-state index contributed by atoms with van der Waals surface area (Å²) >= 11 is 0. The number of likely N-dealkylation sites (N-methyl/N-ethyl adjacent to an activating group) is 1. The monoisotopic (exact) mass is 299 g/mol. The van der Waals surface area contributed by atoms with Crippen LogP contribution in [-0.4, -0.2) is 39.4 Å². The van der Waals surface area contributed by atoms with E-state index >= 15 is 0 Å². The topological polar surface area (TPSA) is 63.7 Å². The molecule has 5 nitrogen and oxygen atoms in total. The average molecular weight is 299 g/mol. The Balaban J connectivity index is 2.90. The molecule has 0 N–H and O–H groups in total. The van der Waals surface area contributed by atoms with E-state index in [0.29, 0.717) is 5.92 Å². The molecule has 0 aromatic heterocycles. The van der Waals surface area contributed by atoms with Crippen molar-refractivity contribution < 1.29 is 17.9 Å². The van der Waals surface area contributed by atoms with Crippen LogP contribution in [0.1, 0.15) is 19.4 Å². The smallest absolute Gasteiger partial charge is 0.321 e. The van der Waals surface area contributed by atoms with E-state index in [1.54, 1.807) is 24.3 Å². The van der Waals surface area contributed by atoms with Gasteiger partial charge in [-0.05, 0) is 30.0 Å². The molecule has 0 amide bonds. The first kappa shape index (κ1) is 16.7. The van der Waals surface area contributed by atoms with Crippen molar-refractivity contribution in [1.82, 2.24) is 4.31 Å². The number of carbonyl (C=O) groups excluding carboxylic acids is 1. The van der Waals surface area contributed by atoms with Gasteiger partial charge in [0.2, 0.25) is 10.0 Å². The van der Waals surface area contributed by atoms with Crippen LogP contribution in [0.15, 0.2) is 29.2 Å². The van der Waals surface area contributed by atoms with Crippen LogP contribution in [0.25, 0.3) is 0 Å². The van der Waals surface area contributed by atoms with E-state index in [9.17, 15) is 13.2 Å². The zero-order chi connectivity index (χ0) is 15.3. The van der Waals surface area contributed by atoms with Gasteiger partial charge in [-0.15, -0.1) is 0 Å². The summed E-state index contributed by atoms with van der Waals surface area (Å²) in [7, 11) is -1.08. The van der Waals surface area contributed by atoms with E-state index in [4.69, 9.17) is 0 Å². The van der Waals surface area contributed by atoms with Crippen molar-refractivity contribution >= 4 is 16.0 Å². The summed E-state index contributed by atoms with van der Waals surface area (Å²) < 4.78 is 29.9. The lowest BCUT2D eigenvalue weighted by Gasteiger charge is -2.16. The van der Waals surface area contributed by atoms with Gasteiger partial charge >= 0.3 is 5.97 Å². The Labute approximate surface area is 120 Å². The Hall–Kier alpha value is -1.40. The zero-order valence-corrected chi connectivity index (χ0v) is 13.1. The molecule has 0 fully saturated rings. The normalized spacial score (nSPS) is 11.9. The zero-order valence-electron chi connectivity index (χ0n) is 12.3. The number of ether oxygens (including phenoxy) is 1. The molecule has 0 heterocycles. The predicted molar refractivity (Wildman–Crippen MR) is 76.8 cm³/mol. The first-order valence-corrected chi connectivity index (χ1v) is 7.83. The average Bonchev–Trinajstić information content (AvgIpc) is 2.38. The van der Waals surface area contributed by atoms with Crippen molar-refractivity contribution in [1.29, 1.82) is 0 Å². The fraction of sp³-hybridized carbons (Fsp3) is 0.500. The first-order chi connectivity index (χ1) is 9.27. The summed E-state index contributed by atoms with van der Waals surface area (Å²) in [5, 5.41) is 0. The molecule has 0 bridgehead atoms. The minimum absolute atomic E-state index is 0.177. The van der Waals surface area contributed by atoms with Gasteiger partial charge in [0.1, 0.15) is 6.54 Å². The van der Waals surface area contributed by atoms with Crippen LogP contribution in [0.4, 0.5) is 0 Å². The van der Waals surface area contributed by atoms with Crippen LogP contribution in [0.5, 0.6) is 0 Å². The van der Waals surface area contributed by atoms with Gasteiger partial charge in [-0.3, -0.25) is 4.79 Å². The number of sulfonamides is 1. The lowest BCUT2D eigenvalue weighted by molar-refractivity contribution is -0.140. The van der Waals surface area contributed by atoms with Crippen LogP contribution in [0, 0.1) is 5.92 Å². The van der Waals surface area contributed by atoms with Crippen molar-refractivity contribution in [3.63, 3.8) is 0 Å². The molecular weight excluding hydrogens is 278 g/mol. The molecule has 0 unspecified atom stereocenters. The maximum absolute atomic E-state index is 12.2. The number of nitrogens with zero attached hydrogens (tertiary/aromatic N) is 1. The number of hydrogen-bond donors (Lipinski definition) is 0. The number of benzene rings is 1. The fourth-order valence-corrected chi connectivity index (χ4v) is 2.90. The van der Waals surface area contributed by atoms with Crippen LogP contribution in [0.2, 0.25) is 0 Å². The van der Waals surface area contributed by atoms with Crippen molar-refractivity contribution in [3.05, 3.63) is 29.8 Å². The molecule has 0 aliphatic heterocycles. The number of methoxy groups -OCH3 is 1. The Morgan fingerprint density at radius 2 is 1.80 bits per heavy atom. The highest BCUT2D eigenvalue weighted by atomic mass is 32.2. The van der Waals surface area contributed by atoms with Crippen LogP contribution in [-0.2, 0) is 26.0 Å². The molecule has 0 aliphatic rings. The highest BCUT2D eigenvalue weighted by molar-refractivity contribution is 7.89. The van der Waals surface area contributed by atoms with Crippen molar-refractivity contribution in [2.24, 2.45) is 5.92 Å². The maximum Gasteiger partial charge on any atom is 0.321 e. The molecule has 6 heteroatoms. The van der Waals surface area contributed by atoms with Crippen molar-refractivity contribution in [2.75, 3.05) is 20.7 Å². The minimum Gasteiger partial charge on any atom is -0.468 e. The molecular formula is C14H21NO4S. The van der Waals surface area contributed by atoms with Gasteiger partial charge in [-0.25, -0.2) is 8.42 Å². The third-order valence-corrected chi connectivity index (χ3v) is 4.67. The van der Waals surface area contributed by atoms with Crippen LogP contribution < -0.4 is 0 Å². The summed E-state index contributed by atoms with van der Waals surface area (Å²) in [5.74, 6) is -0.0769. The molecule has 0 saturated carbocycles. The van der Waals surface area contributed by atoms with E-state index in [1.165, 1.54) is 14.2 Å². The first-order valence-electron chi connectivity index (χ1n) is 6.39. The summed E-state index contributed by atoms with van der Waals surface area (Å²) in [6, 6.07) is 6.75. The molecule has 0 atom stereocenters. The van der Waals surface area contributed by atoms with E-state index in [1.807, 2.05) is 0 Å². The van der Waals surface area contributed by atoms with E-state index < -0.39 is 16.0 Å². The van der Waals surface area contributed by atoms with Gasteiger partial charge in [-0.1, -0.05) is 26.0 Å². The number of esters is 1. The highest BCUT2D eigenvalue weighted by Gasteiger charge is 2.23. The quantitative estimate of drug-likeness (QED) is 0.750. The van der Waals surface area contributed by atoms with Gasteiger partial charge in [0.05, 0.1) is 12.0 Å². The Bertz CT molecular complexity index is 549. The molecule has 1 aromatic carbocycles. The number of rotatable bonds is 6. The summed E-state index contributed by atoms with van der Waals surface area (Å²) in [4.78, 5) is 11.3. The lowest BCUT2D eigenvalue weighted by atomic mass is 10.0. The minimum atomic E-state index is -3.66. The summed E-state index contributed by atoms with van der Waals surface area (Å²) in [6.07, 6.45) is 0.901. The Kier molecular flexibility index (Phi) is 5.71. The standard InChI is InChI=1S/C14H21NO4S/c1-11(2)9-12-5-7-13(8-6-12)20(17,18)15(3)10-14(16)19-4/h5-8,11H,9-10H2,1-4H3. The van der Waals surface area contributed by atoms with Crippen molar-refractivity contribution in [2.45, 2.75) is 25.2 Å². The Morgan fingerprint density at radius 3 is 2.25 bits per heavy atom. The van der Waals surface area contributed by atoms with E-state index in [0.717, 1.165) is 16.3 Å². The second-order valence-corrected chi connectivity index (χ2v) is 7.12. The summed E-state index contributed by atoms with van der Waals surface area (Å²) in [5.41, 5.74) is 1.09. The third kappa shape index (κ3) is 4.31. The van der Waals surface area contributed by atoms with Crippen LogP contribution in [0.3, 0.4) is 0 Å². The number of hydrogen-bond acceptors (Lipinski definition) is 4. The SMILES string of the molecule is COC(=O)CN(C)S(=O)(=O)c1ccc(CC(C)C)cc1. The van der Waals surface area contributed by atoms with Gasteiger partial charge in [0, 0.05) is 7.05 Å². The lowest BCUT2D eigenvalue weighted by Crippen LogP contribution is -2.32. The second kappa shape index (κ2) is 6.85. The van der Waals surface area contributed by atoms with Gasteiger partial charge in [0.25, 0.3) is 0 Å². The predicted octanol–water partition coefficient (Wildman–Crippen LogP) is 1.68. The molecule has 1 aromatic rings. The van der Waals surface area contributed by atoms with Gasteiger partial charge in [-0.2, -0.15) is 4.31 Å². The number of carbonyl (C=O) groups is 1. The largest absolute Gasteiger partial charge is 0.468 e. The van der Waals surface area contributed by atoms with E-state index in [2.05, 4.69) is 18.6 Å². The Morgan fingerprint density at radius 1 is 1.25 bits per heavy atom. The summed E-state index contributed by atoms with van der Waals surface area (Å²) in [6.45, 7) is 3.91. The second-order valence-electron chi connectivity index (χ2n) is 5.08. The van der Waals surface area contributed by atoms with Gasteiger partial charge < -0.3 is 4.74 Å². The highest BCUT2D eigenvalue weighted by Crippen LogP contribution is 2.16. The molecule has 0 spiro atoms. The maximum atomic E-state index is 12.2. The van der Waals surface area contributed by atoms with Crippen molar-refractivity contribution in [3.8, 4) is 0 Å². The third-order valence-electron chi connectivity index (χ3n) is 2.85. The van der Waals surface area contributed by atoms with Crippen LogP contribution >= 0.6 is 0 Å². The molecule has 112 valence electrons.